The van der Waals surface area contributed by atoms with Crippen LogP contribution in [0, 0.1) is 0 Å². The topological polar surface area (TPSA) is 26.0 Å². The van der Waals surface area contributed by atoms with E-state index in [1.807, 2.05) is 6.07 Å². The number of rotatable bonds is 3. The molecular weight excluding hydrogens is 194 g/mol. The Hall–Kier alpha value is -1.50. The van der Waals surface area contributed by atoms with Crippen LogP contribution in [0.4, 0.5) is 5.69 Å². The van der Waals surface area contributed by atoms with Crippen molar-refractivity contribution in [1.82, 2.24) is 0 Å². The highest BCUT2D eigenvalue weighted by Gasteiger charge is 2.12. The maximum absolute atomic E-state index is 5.86. The first-order valence-corrected chi connectivity index (χ1v) is 6.03. The molecule has 1 atom stereocenters. The van der Waals surface area contributed by atoms with E-state index in [-0.39, 0.29) is 0 Å². The summed E-state index contributed by atoms with van der Waals surface area (Å²) in [6.45, 7) is 2.21. The van der Waals surface area contributed by atoms with E-state index >= 15 is 0 Å². The van der Waals surface area contributed by atoms with Crippen LogP contribution in [0.25, 0.3) is 0 Å². The van der Waals surface area contributed by atoms with Crippen LogP contribution < -0.4 is 5.73 Å². The minimum absolute atomic E-state index is 0.534. The molecule has 1 heteroatoms. The molecule has 1 aliphatic carbocycles. The van der Waals surface area contributed by atoms with E-state index in [1.165, 1.54) is 17.5 Å². The Labute approximate surface area is 97.7 Å². The van der Waals surface area contributed by atoms with Crippen molar-refractivity contribution in [2.45, 2.75) is 32.1 Å². The van der Waals surface area contributed by atoms with Gasteiger partial charge in [0.05, 0.1) is 0 Å². The normalized spacial score (nSPS) is 18.9. The van der Waals surface area contributed by atoms with E-state index in [9.17, 15) is 0 Å². The highest BCUT2D eigenvalue weighted by Crippen LogP contribution is 2.29. The van der Waals surface area contributed by atoms with Gasteiger partial charge in [0, 0.05) is 11.6 Å². The molecule has 0 heterocycles. The van der Waals surface area contributed by atoms with Crippen molar-refractivity contribution >= 4 is 5.69 Å². The summed E-state index contributed by atoms with van der Waals surface area (Å²) in [5.41, 5.74) is 9.58. The fourth-order valence-electron chi connectivity index (χ4n) is 2.28. The summed E-state index contributed by atoms with van der Waals surface area (Å²) >= 11 is 0. The monoisotopic (exact) mass is 213 g/mol. The van der Waals surface area contributed by atoms with Crippen molar-refractivity contribution < 1.29 is 0 Å². The molecule has 0 amide bonds. The lowest BCUT2D eigenvalue weighted by atomic mass is 9.87. The minimum atomic E-state index is 0.534. The zero-order chi connectivity index (χ0) is 11.4. The fourth-order valence-corrected chi connectivity index (χ4v) is 2.28. The van der Waals surface area contributed by atoms with Crippen LogP contribution in [0.2, 0.25) is 0 Å². The van der Waals surface area contributed by atoms with Gasteiger partial charge in [0.15, 0.2) is 0 Å². The second-order valence-electron chi connectivity index (χ2n) is 4.36. The molecule has 16 heavy (non-hydrogen) atoms. The first-order chi connectivity index (χ1) is 7.81. The van der Waals surface area contributed by atoms with Crippen LogP contribution in [-0.4, -0.2) is 0 Å². The van der Waals surface area contributed by atoms with Gasteiger partial charge in [-0.1, -0.05) is 43.7 Å². The van der Waals surface area contributed by atoms with E-state index in [4.69, 9.17) is 5.73 Å². The molecule has 0 radical (unpaired) electrons. The van der Waals surface area contributed by atoms with Crippen molar-refractivity contribution in [1.29, 1.82) is 0 Å². The van der Waals surface area contributed by atoms with E-state index in [2.05, 4.69) is 43.4 Å². The van der Waals surface area contributed by atoms with Gasteiger partial charge in [-0.25, -0.2) is 0 Å². The second-order valence-corrected chi connectivity index (χ2v) is 4.36. The lowest BCUT2D eigenvalue weighted by Crippen LogP contribution is -2.02. The molecule has 0 spiro atoms. The molecule has 0 bridgehead atoms. The highest BCUT2D eigenvalue weighted by atomic mass is 14.5. The van der Waals surface area contributed by atoms with E-state index < -0.39 is 0 Å². The summed E-state index contributed by atoms with van der Waals surface area (Å²) in [7, 11) is 0. The van der Waals surface area contributed by atoms with Gasteiger partial charge in [0.25, 0.3) is 0 Å². The number of allylic oxidation sites excluding steroid dienone is 4. The highest BCUT2D eigenvalue weighted by molar-refractivity contribution is 5.47. The molecule has 1 aromatic rings. The van der Waals surface area contributed by atoms with Crippen molar-refractivity contribution in [3.8, 4) is 0 Å². The maximum Gasteiger partial charge on any atom is 0.0316 e. The zero-order valence-electron chi connectivity index (χ0n) is 9.82. The molecule has 2 N–H and O–H groups in total. The molecule has 0 saturated heterocycles. The van der Waals surface area contributed by atoms with Crippen molar-refractivity contribution in [2.75, 3.05) is 5.73 Å². The van der Waals surface area contributed by atoms with Crippen LogP contribution >= 0.6 is 0 Å². The molecule has 0 fully saturated rings. The van der Waals surface area contributed by atoms with Crippen LogP contribution in [0.5, 0.6) is 0 Å². The maximum atomic E-state index is 5.86. The SMILES string of the molecule is CCCc1cc(N)ccc1C1C=CC=CC1. The van der Waals surface area contributed by atoms with Gasteiger partial charge in [0.2, 0.25) is 0 Å². The Morgan fingerprint density at radius 2 is 2.19 bits per heavy atom. The van der Waals surface area contributed by atoms with Gasteiger partial charge >= 0.3 is 0 Å². The predicted molar refractivity (Wildman–Crippen MR) is 70.5 cm³/mol. The minimum Gasteiger partial charge on any atom is -0.399 e. The lowest BCUT2D eigenvalue weighted by Gasteiger charge is -2.18. The van der Waals surface area contributed by atoms with Crippen LogP contribution in [0.3, 0.4) is 0 Å². The summed E-state index contributed by atoms with van der Waals surface area (Å²) in [5.74, 6) is 0.534. The number of hydrogen-bond acceptors (Lipinski definition) is 1. The van der Waals surface area contributed by atoms with Gasteiger partial charge < -0.3 is 5.73 Å². The summed E-state index contributed by atoms with van der Waals surface area (Å²) < 4.78 is 0. The summed E-state index contributed by atoms with van der Waals surface area (Å²) in [5, 5.41) is 0. The molecule has 0 aromatic heterocycles. The van der Waals surface area contributed by atoms with Crippen molar-refractivity contribution in [2.24, 2.45) is 0 Å². The molecule has 0 saturated carbocycles. The standard InChI is InChI=1S/C15H19N/c1-2-6-13-11-14(16)9-10-15(13)12-7-4-3-5-8-12/h3-5,7,9-12H,2,6,8,16H2,1H3. The van der Waals surface area contributed by atoms with E-state index in [0.717, 1.165) is 18.5 Å². The summed E-state index contributed by atoms with van der Waals surface area (Å²) in [6, 6.07) is 6.33. The largest absolute Gasteiger partial charge is 0.399 e. The number of hydrogen-bond donors (Lipinski definition) is 1. The number of nitrogen functional groups attached to an aromatic ring is 1. The molecule has 0 aliphatic heterocycles. The third-order valence-corrected chi connectivity index (χ3v) is 3.07. The summed E-state index contributed by atoms with van der Waals surface area (Å²) in [6.07, 6.45) is 12.2. The third-order valence-electron chi connectivity index (χ3n) is 3.07. The first-order valence-electron chi connectivity index (χ1n) is 6.03. The molecular formula is C15H19N. The molecule has 1 nitrogen and oxygen atoms in total. The van der Waals surface area contributed by atoms with Crippen LogP contribution in [0.15, 0.2) is 42.5 Å². The van der Waals surface area contributed by atoms with Crippen molar-refractivity contribution in [3.63, 3.8) is 0 Å². The lowest BCUT2D eigenvalue weighted by molar-refractivity contribution is 0.816. The molecule has 1 aliphatic rings. The number of aryl methyl sites for hydroxylation is 1. The molecule has 1 unspecified atom stereocenters. The fraction of sp³-hybridized carbons (Fsp3) is 0.333. The van der Waals surface area contributed by atoms with E-state index in [1.54, 1.807) is 0 Å². The zero-order valence-corrected chi connectivity index (χ0v) is 9.82. The average molecular weight is 213 g/mol. The van der Waals surface area contributed by atoms with E-state index in [0.29, 0.717) is 5.92 Å². The van der Waals surface area contributed by atoms with Gasteiger partial charge in [-0.2, -0.15) is 0 Å². The van der Waals surface area contributed by atoms with Gasteiger partial charge in [-0.3, -0.25) is 0 Å². The van der Waals surface area contributed by atoms with Crippen LogP contribution in [0.1, 0.15) is 36.8 Å². The molecule has 84 valence electrons. The van der Waals surface area contributed by atoms with Crippen LogP contribution in [-0.2, 0) is 6.42 Å². The van der Waals surface area contributed by atoms with Gasteiger partial charge in [-0.15, -0.1) is 0 Å². The Balaban J connectivity index is 2.31. The predicted octanol–water partition coefficient (Wildman–Crippen LogP) is 3.82. The Morgan fingerprint density at radius 3 is 2.88 bits per heavy atom. The Kier molecular flexibility index (Phi) is 3.45. The number of anilines is 1. The van der Waals surface area contributed by atoms with Crippen molar-refractivity contribution in [3.05, 3.63) is 53.6 Å². The molecule has 2 rings (SSSR count). The quantitative estimate of drug-likeness (QED) is 0.759. The van der Waals surface area contributed by atoms with Gasteiger partial charge in [-0.05, 0) is 36.1 Å². The second kappa shape index (κ2) is 5.02. The smallest absolute Gasteiger partial charge is 0.0316 e. The summed E-state index contributed by atoms with van der Waals surface area (Å²) in [4.78, 5) is 0. The third kappa shape index (κ3) is 2.35. The number of benzene rings is 1. The Bertz CT molecular complexity index is 415. The average Bonchev–Trinajstić information content (AvgIpc) is 2.31. The Morgan fingerprint density at radius 1 is 1.31 bits per heavy atom. The molecule has 1 aromatic carbocycles. The first kappa shape index (κ1) is 11.0. The van der Waals surface area contributed by atoms with Gasteiger partial charge in [0.1, 0.15) is 0 Å². The number of nitrogens with two attached hydrogens (primary N) is 1.